The van der Waals surface area contributed by atoms with E-state index in [9.17, 15) is 9.50 Å². The van der Waals surface area contributed by atoms with E-state index < -0.39 is 6.10 Å². The molecule has 2 atom stereocenters. The molecule has 0 saturated heterocycles. The highest BCUT2D eigenvalue weighted by atomic mass is 19.1. The minimum atomic E-state index is -0.572. The molecule has 0 heterocycles. The van der Waals surface area contributed by atoms with Crippen molar-refractivity contribution in [2.24, 2.45) is 0 Å². The lowest BCUT2D eigenvalue weighted by Gasteiger charge is -2.18. The third-order valence-corrected chi connectivity index (χ3v) is 2.14. The van der Waals surface area contributed by atoms with Crippen LogP contribution in [0, 0.1) is 12.7 Å². The summed E-state index contributed by atoms with van der Waals surface area (Å²) in [7, 11) is 0. The molecule has 1 aromatic rings. The summed E-state index contributed by atoms with van der Waals surface area (Å²) < 4.78 is 18.3. The molecule has 0 aliphatic rings. The molecule has 0 spiro atoms. The lowest BCUT2D eigenvalue weighted by Crippen LogP contribution is -2.25. The highest BCUT2D eigenvalue weighted by Gasteiger charge is 2.11. The molecule has 1 rings (SSSR count). The molecule has 0 radical (unpaired) electrons. The third kappa shape index (κ3) is 2.70. The van der Waals surface area contributed by atoms with Gasteiger partial charge in [0.15, 0.2) is 0 Å². The number of aliphatic hydroxyl groups is 1. The van der Waals surface area contributed by atoms with Crippen molar-refractivity contribution in [3.8, 4) is 5.75 Å². The minimum Gasteiger partial charge on any atom is -0.488 e. The van der Waals surface area contributed by atoms with Gasteiger partial charge >= 0.3 is 0 Å². The molecule has 0 aromatic heterocycles. The smallest absolute Gasteiger partial charge is 0.126 e. The summed E-state index contributed by atoms with van der Waals surface area (Å²) >= 11 is 0. The molecular weight excluding hydrogens is 183 g/mol. The van der Waals surface area contributed by atoms with Crippen LogP contribution in [0.15, 0.2) is 18.2 Å². The molecule has 1 N–H and O–H groups in total. The van der Waals surface area contributed by atoms with E-state index in [1.54, 1.807) is 19.9 Å². The number of halogens is 1. The van der Waals surface area contributed by atoms with E-state index in [2.05, 4.69) is 0 Å². The molecule has 0 amide bonds. The topological polar surface area (TPSA) is 29.5 Å². The second kappa shape index (κ2) is 4.42. The fourth-order valence-electron chi connectivity index (χ4n) is 1.000. The molecule has 1 aromatic carbocycles. The fraction of sp³-hybridized carbons (Fsp3) is 0.455. The van der Waals surface area contributed by atoms with Crippen LogP contribution in [0.1, 0.15) is 19.4 Å². The van der Waals surface area contributed by atoms with Gasteiger partial charge in [-0.05, 0) is 32.4 Å². The van der Waals surface area contributed by atoms with Crippen molar-refractivity contribution in [1.29, 1.82) is 0 Å². The van der Waals surface area contributed by atoms with Crippen molar-refractivity contribution < 1.29 is 14.2 Å². The number of aryl methyl sites for hydroxylation is 1. The van der Waals surface area contributed by atoms with Gasteiger partial charge in [-0.3, -0.25) is 0 Å². The molecule has 0 aliphatic heterocycles. The Kier molecular flexibility index (Phi) is 3.47. The maximum Gasteiger partial charge on any atom is 0.126 e. The number of rotatable bonds is 3. The monoisotopic (exact) mass is 198 g/mol. The fourth-order valence-corrected chi connectivity index (χ4v) is 1.000. The van der Waals surface area contributed by atoms with Crippen molar-refractivity contribution in [2.75, 3.05) is 0 Å². The highest BCUT2D eigenvalue weighted by molar-refractivity contribution is 5.32. The van der Waals surface area contributed by atoms with Crippen molar-refractivity contribution in [3.63, 3.8) is 0 Å². The zero-order valence-corrected chi connectivity index (χ0v) is 8.62. The van der Waals surface area contributed by atoms with Gasteiger partial charge in [-0.2, -0.15) is 0 Å². The normalized spacial score (nSPS) is 14.9. The van der Waals surface area contributed by atoms with E-state index in [4.69, 9.17) is 4.74 Å². The first-order valence-corrected chi connectivity index (χ1v) is 4.61. The van der Waals surface area contributed by atoms with Crippen LogP contribution in [0.4, 0.5) is 4.39 Å². The highest BCUT2D eigenvalue weighted by Crippen LogP contribution is 2.20. The van der Waals surface area contributed by atoms with Crippen molar-refractivity contribution in [3.05, 3.63) is 29.6 Å². The Hall–Kier alpha value is -1.09. The molecule has 0 bridgehead atoms. The average molecular weight is 198 g/mol. The van der Waals surface area contributed by atoms with E-state index >= 15 is 0 Å². The third-order valence-electron chi connectivity index (χ3n) is 2.14. The number of hydrogen-bond donors (Lipinski definition) is 1. The Morgan fingerprint density at radius 2 is 2.00 bits per heavy atom. The summed E-state index contributed by atoms with van der Waals surface area (Å²) in [5.74, 6) is 0.154. The van der Waals surface area contributed by atoms with Gasteiger partial charge in [-0.1, -0.05) is 6.07 Å². The zero-order valence-electron chi connectivity index (χ0n) is 8.62. The lowest BCUT2D eigenvalue weighted by molar-refractivity contribution is 0.0598. The second-order valence-corrected chi connectivity index (χ2v) is 3.47. The Balaban J connectivity index is 2.80. The summed E-state index contributed by atoms with van der Waals surface area (Å²) in [6.07, 6.45) is -0.909. The Morgan fingerprint density at radius 1 is 1.36 bits per heavy atom. The van der Waals surface area contributed by atoms with Crippen molar-refractivity contribution in [1.82, 2.24) is 0 Å². The molecule has 3 heteroatoms. The first-order chi connectivity index (χ1) is 6.50. The van der Waals surface area contributed by atoms with Crippen LogP contribution < -0.4 is 4.74 Å². The van der Waals surface area contributed by atoms with Crippen LogP contribution in [-0.2, 0) is 0 Å². The van der Waals surface area contributed by atoms with E-state index in [1.165, 1.54) is 12.1 Å². The van der Waals surface area contributed by atoms with Crippen LogP contribution in [0.5, 0.6) is 5.75 Å². The first kappa shape index (κ1) is 11.0. The van der Waals surface area contributed by atoms with Gasteiger partial charge in [0.25, 0.3) is 0 Å². The van der Waals surface area contributed by atoms with Crippen LogP contribution >= 0.6 is 0 Å². The maximum atomic E-state index is 12.9. The summed E-state index contributed by atoms with van der Waals surface area (Å²) in [6.45, 7) is 5.22. The van der Waals surface area contributed by atoms with Crippen molar-refractivity contribution in [2.45, 2.75) is 33.0 Å². The Labute approximate surface area is 83.3 Å². The second-order valence-electron chi connectivity index (χ2n) is 3.47. The first-order valence-electron chi connectivity index (χ1n) is 4.61. The standard InChI is InChI=1S/C11H15FO2/c1-7-4-5-10(12)6-11(7)14-9(3)8(2)13/h4-6,8-9,13H,1-3H3/t8-,9?/m0/s1. The van der Waals surface area contributed by atoms with E-state index in [0.717, 1.165) is 5.56 Å². The van der Waals surface area contributed by atoms with Gasteiger partial charge in [0.1, 0.15) is 17.7 Å². The molecule has 0 saturated carbocycles. The van der Waals surface area contributed by atoms with Gasteiger partial charge in [-0.25, -0.2) is 4.39 Å². The van der Waals surface area contributed by atoms with Gasteiger partial charge in [0.05, 0.1) is 6.10 Å². The van der Waals surface area contributed by atoms with Crippen LogP contribution in [0.2, 0.25) is 0 Å². The summed E-state index contributed by atoms with van der Waals surface area (Å²) in [4.78, 5) is 0. The van der Waals surface area contributed by atoms with Gasteiger partial charge in [0.2, 0.25) is 0 Å². The minimum absolute atomic E-state index is 0.330. The predicted octanol–water partition coefficient (Wildman–Crippen LogP) is 2.28. The SMILES string of the molecule is Cc1ccc(F)cc1OC(C)[C@H](C)O. The largest absolute Gasteiger partial charge is 0.488 e. The summed E-state index contributed by atoms with van der Waals surface area (Å²) in [5.41, 5.74) is 0.860. The van der Waals surface area contributed by atoms with E-state index in [0.29, 0.717) is 5.75 Å². The predicted molar refractivity (Wildman–Crippen MR) is 52.9 cm³/mol. The number of hydrogen-bond acceptors (Lipinski definition) is 2. The average Bonchev–Trinajstić information content (AvgIpc) is 2.11. The molecule has 14 heavy (non-hydrogen) atoms. The summed E-state index contributed by atoms with van der Waals surface area (Å²) in [5, 5.41) is 9.22. The van der Waals surface area contributed by atoms with Gasteiger partial charge < -0.3 is 9.84 Å². The van der Waals surface area contributed by atoms with Crippen LogP contribution in [-0.4, -0.2) is 17.3 Å². The molecule has 0 fully saturated rings. The van der Waals surface area contributed by atoms with E-state index in [-0.39, 0.29) is 11.9 Å². The van der Waals surface area contributed by atoms with Crippen LogP contribution in [0.3, 0.4) is 0 Å². The Morgan fingerprint density at radius 3 is 2.57 bits per heavy atom. The number of ether oxygens (including phenoxy) is 1. The van der Waals surface area contributed by atoms with Gasteiger partial charge in [-0.15, -0.1) is 0 Å². The zero-order chi connectivity index (χ0) is 10.7. The molecule has 1 unspecified atom stereocenters. The maximum absolute atomic E-state index is 12.9. The molecular formula is C11H15FO2. The van der Waals surface area contributed by atoms with E-state index in [1.807, 2.05) is 6.92 Å². The Bertz CT molecular complexity index is 310. The van der Waals surface area contributed by atoms with Gasteiger partial charge in [0, 0.05) is 6.07 Å². The molecule has 2 nitrogen and oxygen atoms in total. The quantitative estimate of drug-likeness (QED) is 0.807. The lowest BCUT2D eigenvalue weighted by atomic mass is 10.2. The molecule has 0 aliphatic carbocycles. The number of benzene rings is 1. The van der Waals surface area contributed by atoms with Crippen LogP contribution in [0.25, 0.3) is 0 Å². The number of aliphatic hydroxyl groups excluding tert-OH is 1. The molecule has 78 valence electrons. The van der Waals surface area contributed by atoms with Crippen molar-refractivity contribution >= 4 is 0 Å². The summed E-state index contributed by atoms with van der Waals surface area (Å²) in [6, 6.07) is 4.36.